The first-order chi connectivity index (χ1) is 16.4. The maximum Gasteiger partial charge on any atom is 0.319 e. The molecule has 184 valence electrons. The van der Waals surface area contributed by atoms with Crippen LogP contribution in [0.3, 0.4) is 0 Å². The first-order valence-electron chi connectivity index (χ1n) is 11.7. The Morgan fingerprint density at radius 1 is 0.941 bits per heavy atom. The SMILES string of the molecule is COc1cc(NC(=O)N[C@@H]2CC[C@@]3(c4ccc(OC)c(OC)c4)CCN(C)[C@H]3C2)cc(OC)c1. The Bertz CT molecular complexity index is 1010. The molecule has 8 heteroatoms. The van der Waals surface area contributed by atoms with E-state index in [-0.39, 0.29) is 17.5 Å². The summed E-state index contributed by atoms with van der Waals surface area (Å²) in [6, 6.07) is 11.8. The van der Waals surface area contributed by atoms with Crippen LogP contribution in [0.25, 0.3) is 0 Å². The van der Waals surface area contributed by atoms with Gasteiger partial charge in [0, 0.05) is 41.4 Å². The fraction of sp³-hybridized carbons (Fsp3) is 0.500. The highest BCUT2D eigenvalue weighted by molar-refractivity contribution is 5.90. The van der Waals surface area contributed by atoms with Crippen LogP contribution in [0.4, 0.5) is 10.5 Å². The molecule has 2 aromatic rings. The van der Waals surface area contributed by atoms with E-state index in [0.717, 1.165) is 43.7 Å². The summed E-state index contributed by atoms with van der Waals surface area (Å²) >= 11 is 0. The molecule has 4 rings (SSSR count). The molecule has 0 radical (unpaired) electrons. The van der Waals surface area contributed by atoms with Crippen LogP contribution in [0.1, 0.15) is 31.2 Å². The summed E-state index contributed by atoms with van der Waals surface area (Å²) in [5.41, 5.74) is 1.95. The van der Waals surface area contributed by atoms with Crippen LogP contribution in [0.2, 0.25) is 0 Å². The molecule has 1 aliphatic heterocycles. The van der Waals surface area contributed by atoms with Gasteiger partial charge in [0.25, 0.3) is 0 Å². The molecule has 1 heterocycles. The lowest BCUT2D eigenvalue weighted by Crippen LogP contribution is -2.52. The van der Waals surface area contributed by atoms with E-state index in [9.17, 15) is 4.79 Å². The second-order valence-corrected chi connectivity index (χ2v) is 9.14. The monoisotopic (exact) mass is 469 g/mol. The number of likely N-dealkylation sites (N-methyl/N-ethyl adjacent to an activating group) is 1. The molecule has 8 nitrogen and oxygen atoms in total. The van der Waals surface area contributed by atoms with E-state index in [1.165, 1.54) is 5.56 Å². The summed E-state index contributed by atoms with van der Waals surface area (Å²) in [5.74, 6) is 2.75. The number of urea groups is 1. The third-order valence-electron chi connectivity index (χ3n) is 7.43. The number of carbonyl (C=O) groups excluding carboxylic acids is 1. The predicted octanol–water partition coefficient (Wildman–Crippen LogP) is 4.04. The van der Waals surface area contributed by atoms with Gasteiger partial charge in [-0.3, -0.25) is 0 Å². The maximum atomic E-state index is 12.8. The average molecular weight is 470 g/mol. The lowest BCUT2D eigenvalue weighted by atomic mass is 9.65. The van der Waals surface area contributed by atoms with Gasteiger partial charge >= 0.3 is 6.03 Å². The molecule has 34 heavy (non-hydrogen) atoms. The van der Waals surface area contributed by atoms with Gasteiger partial charge in [-0.15, -0.1) is 0 Å². The van der Waals surface area contributed by atoms with Crippen molar-refractivity contribution in [2.75, 3.05) is 47.3 Å². The van der Waals surface area contributed by atoms with Crippen LogP contribution in [0.5, 0.6) is 23.0 Å². The molecule has 2 aliphatic rings. The van der Waals surface area contributed by atoms with Crippen molar-refractivity contribution in [3.8, 4) is 23.0 Å². The van der Waals surface area contributed by atoms with Crippen molar-refractivity contribution in [1.82, 2.24) is 10.2 Å². The molecule has 1 aliphatic carbocycles. The van der Waals surface area contributed by atoms with Gasteiger partial charge < -0.3 is 34.5 Å². The van der Waals surface area contributed by atoms with Gasteiger partial charge in [-0.2, -0.15) is 0 Å². The van der Waals surface area contributed by atoms with Crippen molar-refractivity contribution < 1.29 is 23.7 Å². The van der Waals surface area contributed by atoms with E-state index in [0.29, 0.717) is 23.2 Å². The highest BCUT2D eigenvalue weighted by Crippen LogP contribution is 2.49. The summed E-state index contributed by atoms with van der Waals surface area (Å²) in [5, 5.41) is 6.11. The Labute approximate surface area is 201 Å². The number of nitrogens with one attached hydrogen (secondary N) is 2. The first-order valence-corrected chi connectivity index (χ1v) is 11.7. The number of anilines is 1. The van der Waals surface area contributed by atoms with Crippen molar-refractivity contribution >= 4 is 11.7 Å². The van der Waals surface area contributed by atoms with E-state index < -0.39 is 0 Å². The first kappa shape index (κ1) is 24.0. The molecule has 2 amide bonds. The third kappa shape index (κ3) is 4.59. The highest BCUT2D eigenvalue weighted by atomic mass is 16.5. The number of carbonyl (C=O) groups is 1. The zero-order valence-corrected chi connectivity index (χ0v) is 20.6. The lowest BCUT2D eigenvalue weighted by Gasteiger charge is -2.45. The molecule has 0 spiro atoms. The Kier molecular flexibility index (Phi) is 7.07. The van der Waals surface area contributed by atoms with Crippen LogP contribution in [0.15, 0.2) is 36.4 Å². The average Bonchev–Trinajstić information content (AvgIpc) is 3.20. The van der Waals surface area contributed by atoms with Gasteiger partial charge in [-0.25, -0.2) is 4.79 Å². The van der Waals surface area contributed by atoms with E-state index in [4.69, 9.17) is 18.9 Å². The number of hydrogen-bond acceptors (Lipinski definition) is 6. The van der Waals surface area contributed by atoms with Crippen LogP contribution in [-0.2, 0) is 5.41 Å². The normalized spacial score (nSPS) is 24.1. The van der Waals surface area contributed by atoms with Crippen LogP contribution < -0.4 is 29.6 Å². The van der Waals surface area contributed by atoms with Gasteiger partial charge in [-0.1, -0.05) is 6.07 Å². The highest BCUT2D eigenvalue weighted by Gasteiger charge is 2.50. The Morgan fingerprint density at radius 3 is 2.29 bits per heavy atom. The number of ether oxygens (including phenoxy) is 4. The number of rotatable bonds is 7. The molecular weight excluding hydrogens is 434 g/mol. The summed E-state index contributed by atoms with van der Waals surface area (Å²) < 4.78 is 21.6. The van der Waals surface area contributed by atoms with Gasteiger partial charge in [0.05, 0.1) is 28.4 Å². The molecule has 2 N–H and O–H groups in total. The number of likely N-dealkylation sites (tertiary alicyclic amines) is 1. The van der Waals surface area contributed by atoms with Gasteiger partial charge in [0.1, 0.15) is 11.5 Å². The zero-order valence-electron chi connectivity index (χ0n) is 20.6. The molecule has 1 saturated carbocycles. The third-order valence-corrected chi connectivity index (χ3v) is 7.43. The number of benzene rings is 2. The number of fused-ring (bicyclic) bond motifs is 1. The summed E-state index contributed by atoms with van der Waals surface area (Å²) in [7, 11) is 8.69. The Balaban J connectivity index is 1.47. The molecule has 0 unspecified atom stereocenters. The summed E-state index contributed by atoms with van der Waals surface area (Å²) in [6.07, 6.45) is 3.88. The predicted molar refractivity (Wildman–Crippen MR) is 132 cm³/mol. The maximum absolute atomic E-state index is 12.8. The second kappa shape index (κ2) is 10.0. The molecule has 0 aromatic heterocycles. The molecule has 1 saturated heterocycles. The van der Waals surface area contributed by atoms with Crippen molar-refractivity contribution in [1.29, 1.82) is 0 Å². The number of methoxy groups -OCH3 is 4. The Morgan fingerprint density at radius 2 is 1.65 bits per heavy atom. The minimum Gasteiger partial charge on any atom is -0.497 e. The van der Waals surface area contributed by atoms with E-state index >= 15 is 0 Å². The molecule has 2 aromatic carbocycles. The summed E-state index contributed by atoms with van der Waals surface area (Å²) in [4.78, 5) is 15.2. The van der Waals surface area contributed by atoms with Crippen molar-refractivity contribution in [2.45, 2.75) is 43.2 Å². The van der Waals surface area contributed by atoms with Crippen LogP contribution in [0, 0.1) is 0 Å². The summed E-state index contributed by atoms with van der Waals surface area (Å²) in [6.45, 7) is 1.03. The van der Waals surface area contributed by atoms with Crippen LogP contribution >= 0.6 is 0 Å². The largest absolute Gasteiger partial charge is 0.497 e. The molecule has 2 fully saturated rings. The van der Waals surface area contributed by atoms with Gasteiger partial charge in [0.15, 0.2) is 11.5 Å². The van der Waals surface area contributed by atoms with Gasteiger partial charge in [-0.05, 0) is 57.0 Å². The quantitative estimate of drug-likeness (QED) is 0.637. The van der Waals surface area contributed by atoms with E-state index in [1.807, 2.05) is 6.07 Å². The Hall–Kier alpha value is -3.13. The lowest BCUT2D eigenvalue weighted by molar-refractivity contribution is 0.156. The van der Waals surface area contributed by atoms with Gasteiger partial charge in [0.2, 0.25) is 0 Å². The van der Waals surface area contributed by atoms with E-state index in [1.54, 1.807) is 46.6 Å². The fourth-order valence-electron chi connectivity index (χ4n) is 5.63. The van der Waals surface area contributed by atoms with Crippen molar-refractivity contribution in [3.05, 3.63) is 42.0 Å². The molecule has 3 atom stereocenters. The standard InChI is InChI=1S/C26H35N3O5/c1-29-11-10-26(17-6-7-22(33-4)23(12-17)34-5)9-8-18(15-24(26)29)27-25(30)28-19-13-20(31-2)16-21(14-19)32-3/h6-7,12-14,16,18,24H,8-11,15H2,1-5H3,(H2,27,28,30)/t18-,24+,26+/m1/s1. The molecule has 0 bridgehead atoms. The minimum atomic E-state index is -0.223. The smallest absolute Gasteiger partial charge is 0.319 e. The number of amides is 2. The second-order valence-electron chi connectivity index (χ2n) is 9.14. The fourth-order valence-corrected chi connectivity index (χ4v) is 5.63. The van der Waals surface area contributed by atoms with Crippen LogP contribution in [-0.4, -0.2) is 65.0 Å². The topological polar surface area (TPSA) is 81.3 Å². The van der Waals surface area contributed by atoms with Crippen molar-refractivity contribution in [2.24, 2.45) is 0 Å². The van der Waals surface area contributed by atoms with Crippen molar-refractivity contribution in [3.63, 3.8) is 0 Å². The van der Waals surface area contributed by atoms with E-state index in [2.05, 4.69) is 34.7 Å². The number of hydrogen-bond donors (Lipinski definition) is 2. The number of nitrogens with zero attached hydrogens (tertiary/aromatic N) is 1. The molecular formula is C26H35N3O5. The minimum absolute atomic E-state index is 0.0448. The zero-order chi connectivity index (χ0) is 24.3.